The first kappa shape index (κ1) is 13.0. The molecule has 0 aromatic carbocycles. The molecule has 2 rings (SSSR count). The van der Waals surface area contributed by atoms with Crippen molar-refractivity contribution >= 4 is 23.2 Å². The maximum Gasteiger partial charge on any atom is 0.355 e. The quantitative estimate of drug-likeness (QED) is 0.911. The highest BCUT2D eigenvalue weighted by Crippen LogP contribution is 2.26. The number of thiazole rings is 1. The van der Waals surface area contributed by atoms with Gasteiger partial charge in [-0.15, -0.1) is 11.3 Å². The van der Waals surface area contributed by atoms with Crippen LogP contribution in [0.2, 0.25) is 0 Å². The summed E-state index contributed by atoms with van der Waals surface area (Å²) in [5, 5.41) is 10.5. The Morgan fingerprint density at radius 3 is 2.83 bits per heavy atom. The van der Waals surface area contributed by atoms with Crippen LogP contribution < -0.4 is 0 Å². The number of aromatic nitrogens is 1. The molecule has 1 aliphatic rings. The number of hydrogen-bond donors (Lipinski definition) is 1. The Morgan fingerprint density at radius 1 is 1.56 bits per heavy atom. The van der Waals surface area contributed by atoms with Crippen molar-refractivity contribution in [2.45, 2.75) is 32.7 Å². The van der Waals surface area contributed by atoms with E-state index in [-0.39, 0.29) is 22.7 Å². The second kappa shape index (κ2) is 5.06. The van der Waals surface area contributed by atoms with Gasteiger partial charge in [-0.25, -0.2) is 9.78 Å². The Morgan fingerprint density at radius 2 is 2.28 bits per heavy atom. The van der Waals surface area contributed by atoms with Crippen molar-refractivity contribution in [3.63, 3.8) is 0 Å². The molecule has 18 heavy (non-hydrogen) atoms. The van der Waals surface area contributed by atoms with Gasteiger partial charge in [0.25, 0.3) is 5.91 Å². The van der Waals surface area contributed by atoms with Crippen molar-refractivity contribution in [3.8, 4) is 0 Å². The number of aromatic carboxylic acids is 1. The van der Waals surface area contributed by atoms with E-state index in [0.717, 1.165) is 30.7 Å². The van der Waals surface area contributed by atoms with Crippen LogP contribution in [0.3, 0.4) is 0 Å². The number of amides is 1. The summed E-state index contributed by atoms with van der Waals surface area (Å²) in [6.45, 7) is 4.94. The summed E-state index contributed by atoms with van der Waals surface area (Å²) < 4.78 is 0. The van der Waals surface area contributed by atoms with E-state index in [1.54, 1.807) is 0 Å². The number of rotatable bonds is 3. The third-order valence-corrected chi connectivity index (χ3v) is 4.07. The van der Waals surface area contributed by atoms with Crippen LogP contribution in [0.5, 0.6) is 0 Å². The molecule has 6 heteroatoms. The van der Waals surface area contributed by atoms with Gasteiger partial charge in [0.05, 0.1) is 0 Å². The molecule has 0 spiro atoms. The number of carboxylic acids is 1. The van der Waals surface area contributed by atoms with Crippen molar-refractivity contribution in [1.29, 1.82) is 0 Å². The molecule has 2 heterocycles. The van der Waals surface area contributed by atoms with Gasteiger partial charge in [0.15, 0.2) is 10.7 Å². The lowest BCUT2D eigenvalue weighted by molar-refractivity contribution is 0.0689. The van der Waals surface area contributed by atoms with Crippen molar-refractivity contribution in [2.75, 3.05) is 6.54 Å². The fourth-order valence-corrected chi connectivity index (χ4v) is 3.08. The average Bonchev–Trinajstić information content (AvgIpc) is 2.97. The lowest BCUT2D eigenvalue weighted by Gasteiger charge is -2.26. The molecule has 0 aliphatic carbocycles. The lowest BCUT2D eigenvalue weighted by atomic mass is 10.0. The summed E-state index contributed by atoms with van der Waals surface area (Å²) in [6.07, 6.45) is 2.02. The minimum atomic E-state index is -1.09. The predicted octanol–water partition coefficient (Wildman–Crippen LogP) is 2.10. The summed E-state index contributed by atoms with van der Waals surface area (Å²) in [5.74, 6) is -0.814. The molecule has 1 amide bonds. The van der Waals surface area contributed by atoms with Crippen LogP contribution in [0, 0.1) is 5.92 Å². The average molecular weight is 268 g/mol. The van der Waals surface area contributed by atoms with Crippen molar-refractivity contribution in [1.82, 2.24) is 9.88 Å². The first-order chi connectivity index (χ1) is 8.50. The number of carboxylic acid groups (broad SMARTS) is 1. The molecule has 5 nitrogen and oxygen atoms in total. The van der Waals surface area contributed by atoms with Crippen LogP contribution in [0.1, 0.15) is 47.0 Å². The zero-order chi connectivity index (χ0) is 13.3. The van der Waals surface area contributed by atoms with Crippen molar-refractivity contribution < 1.29 is 14.7 Å². The topological polar surface area (TPSA) is 70.5 Å². The molecule has 1 unspecified atom stereocenters. The van der Waals surface area contributed by atoms with Crippen molar-refractivity contribution in [2.24, 2.45) is 5.92 Å². The Bertz CT molecular complexity index is 470. The normalized spacial score (nSPS) is 19.5. The minimum Gasteiger partial charge on any atom is -0.476 e. The summed E-state index contributed by atoms with van der Waals surface area (Å²) >= 11 is 1.10. The summed E-state index contributed by atoms with van der Waals surface area (Å²) in [4.78, 5) is 28.7. The van der Waals surface area contributed by atoms with Crippen LogP contribution in [0.15, 0.2) is 5.38 Å². The van der Waals surface area contributed by atoms with Crippen LogP contribution in [0.25, 0.3) is 0 Å². The third-order valence-electron chi connectivity index (χ3n) is 3.24. The SMILES string of the molecule is CC(C)C1CCCN1C(=O)c1nc(C(=O)O)cs1. The van der Waals surface area contributed by atoms with Gasteiger partial charge >= 0.3 is 5.97 Å². The van der Waals surface area contributed by atoms with E-state index < -0.39 is 5.97 Å². The Labute approximate surface area is 109 Å². The fraction of sp³-hybridized carbons (Fsp3) is 0.583. The summed E-state index contributed by atoms with van der Waals surface area (Å²) in [6, 6.07) is 0.245. The molecule has 1 aromatic heterocycles. The van der Waals surface area contributed by atoms with E-state index in [1.165, 1.54) is 5.38 Å². The van der Waals surface area contributed by atoms with E-state index >= 15 is 0 Å². The van der Waals surface area contributed by atoms with Gasteiger partial charge in [0.2, 0.25) is 0 Å². The molecule has 0 bridgehead atoms. The fourth-order valence-electron chi connectivity index (χ4n) is 2.33. The maximum atomic E-state index is 12.3. The van der Waals surface area contributed by atoms with Crippen LogP contribution in [-0.2, 0) is 0 Å². The predicted molar refractivity (Wildman–Crippen MR) is 68.0 cm³/mol. The highest BCUT2D eigenvalue weighted by molar-refractivity contribution is 7.11. The monoisotopic (exact) mass is 268 g/mol. The highest BCUT2D eigenvalue weighted by Gasteiger charge is 2.32. The standard InChI is InChI=1S/C12H16N2O3S/c1-7(2)9-4-3-5-14(9)11(15)10-13-8(6-18-10)12(16)17/h6-7,9H,3-5H2,1-2H3,(H,16,17). The molecule has 0 saturated carbocycles. The Kier molecular flexibility index (Phi) is 3.65. The lowest BCUT2D eigenvalue weighted by Crippen LogP contribution is -2.38. The van der Waals surface area contributed by atoms with Gasteiger partial charge in [-0.3, -0.25) is 4.79 Å². The molecule has 1 saturated heterocycles. The minimum absolute atomic E-state index is 0.0522. The molecule has 1 aliphatic heterocycles. The molecule has 1 N–H and O–H groups in total. The molecule has 1 aromatic rings. The first-order valence-electron chi connectivity index (χ1n) is 6.00. The number of likely N-dealkylation sites (tertiary alicyclic amines) is 1. The molecule has 1 fully saturated rings. The van der Waals surface area contributed by atoms with Gasteiger partial charge in [0.1, 0.15) is 0 Å². The van der Waals surface area contributed by atoms with E-state index in [0.29, 0.717) is 5.92 Å². The molecule has 98 valence electrons. The molecule has 0 radical (unpaired) electrons. The maximum absolute atomic E-state index is 12.3. The molecular formula is C12H16N2O3S. The summed E-state index contributed by atoms with van der Waals surface area (Å²) in [7, 11) is 0. The third kappa shape index (κ3) is 2.38. The second-order valence-corrected chi connectivity index (χ2v) is 5.65. The van der Waals surface area contributed by atoms with Gasteiger partial charge in [-0.2, -0.15) is 0 Å². The van der Waals surface area contributed by atoms with Crippen LogP contribution in [0.4, 0.5) is 0 Å². The summed E-state index contributed by atoms with van der Waals surface area (Å²) in [5.41, 5.74) is -0.0522. The van der Waals surface area contributed by atoms with Gasteiger partial charge < -0.3 is 10.0 Å². The highest BCUT2D eigenvalue weighted by atomic mass is 32.1. The Balaban J connectivity index is 2.17. The van der Waals surface area contributed by atoms with Crippen LogP contribution in [-0.4, -0.2) is 39.5 Å². The zero-order valence-corrected chi connectivity index (χ0v) is 11.2. The number of nitrogens with zero attached hydrogens (tertiary/aromatic N) is 2. The molecular weight excluding hydrogens is 252 g/mol. The van der Waals surface area contributed by atoms with E-state index in [4.69, 9.17) is 5.11 Å². The van der Waals surface area contributed by atoms with E-state index in [9.17, 15) is 9.59 Å². The van der Waals surface area contributed by atoms with E-state index in [1.807, 2.05) is 4.90 Å². The largest absolute Gasteiger partial charge is 0.476 e. The van der Waals surface area contributed by atoms with Crippen molar-refractivity contribution in [3.05, 3.63) is 16.1 Å². The molecule has 1 atom stereocenters. The number of carbonyl (C=O) groups excluding carboxylic acids is 1. The first-order valence-corrected chi connectivity index (χ1v) is 6.88. The van der Waals surface area contributed by atoms with Gasteiger partial charge in [-0.1, -0.05) is 13.8 Å². The van der Waals surface area contributed by atoms with Gasteiger partial charge in [-0.05, 0) is 18.8 Å². The number of hydrogen-bond acceptors (Lipinski definition) is 4. The number of carbonyl (C=O) groups is 2. The van der Waals surface area contributed by atoms with Crippen LogP contribution >= 0.6 is 11.3 Å². The zero-order valence-electron chi connectivity index (χ0n) is 10.4. The van der Waals surface area contributed by atoms with E-state index in [2.05, 4.69) is 18.8 Å². The smallest absolute Gasteiger partial charge is 0.355 e. The second-order valence-electron chi connectivity index (χ2n) is 4.80. The van der Waals surface area contributed by atoms with Gasteiger partial charge in [0, 0.05) is 18.0 Å². The Hall–Kier alpha value is -1.43.